The molecule has 0 spiro atoms. The fraction of sp³-hybridized carbons (Fsp3) is 0.588. The summed E-state index contributed by atoms with van der Waals surface area (Å²) in [5.41, 5.74) is 6.97. The van der Waals surface area contributed by atoms with E-state index in [0.717, 1.165) is 18.6 Å². The van der Waals surface area contributed by atoms with Crippen LogP contribution in [0.3, 0.4) is 0 Å². The molecule has 1 heterocycles. The van der Waals surface area contributed by atoms with Crippen molar-refractivity contribution in [1.82, 2.24) is 5.32 Å². The number of ether oxygens (including phenoxy) is 1. The minimum atomic E-state index is -0.159. The van der Waals surface area contributed by atoms with E-state index in [0.29, 0.717) is 18.9 Å². The second-order valence-electron chi connectivity index (χ2n) is 6.20. The van der Waals surface area contributed by atoms with Gasteiger partial charge in [-0.1, -0.05) is 30.3 Å². The van der Waals surface area contributed by atoms with Crippen molar-refractivity contribution in [3.8, 4) is 0 Å². The van der Waals surface area contributed by atoms with Crippen LogP contribution in [0.1, 0.15) is 24.8 Å². The first-order valence-corrected chi connectivity index (χ1v) is 7.94. The Balaban J connectivity index is 1.57. The molecule has 21 heavy (non-hydrogen) atoms. The van der Waals surface area contributed by atoms with Gasteiger partial charge >= 0.3 is 0 Å². The lowest BCUT2D eigenvalue weighted by atomic mass is 9.97. The Bertz CT molecular complexity index is 473. The zero-order valence-corrected chi connectivity index (χ0v) is 12.3. The third kappa shape index (κ3) is 3.63. The van der Waals surface area contributed by atoms with E-state index in [1.165, 1.54) is 12.8 Å². The van der Waals surface area contributed by atoms with E-state index in [4.69, 9.17) is 10.5 Å². The molecule has 1 saturated heterocycles. The standard InChI is InChI=1S/C17H24N2O2/c18-11-14(10-12-4-2-1-3-5-12)17(20)19-15-8-9-21-16(15)13-6-7-13/h1-5,13-16H,6-11,18H2,(H,19,20). The molecule has 0 aromatic heterocycles. The fourth-order valence-electron chi connectivity index (χ4n) is 3.14. The Morgan fingerprint density at radius 1 is 1.29 bits per heavy atom. The van der Waals surface area contributed by atoms with Crippen LogP contribution in [0.4, 0.5) is 0 Å². The Labute approximate surface area is 126 Å². The van der Waals surface area contributed by atoms with Gasteiger partial charge in [-0.25, -0.2) is 0 Å². The van der Waals surface area contributed by atoms with Crippen molar-refractivity contribution in [2.24, 2.45) is 17.6 Å². The highest BCUT2D eigenvalue weighted by Crippen LogP contribution is 2.38. The summed E-state index contributed by atoms with van der Waals surface area (Å²) >= 11 is 0. The number of nitrogens with one attached hydrogen (secondary N) is 1. The van der Waals surface area contributed by atoms with Crippen molar-refractivity contribution < 1.29 is 9.53 Å². The minimum absolute atomic E-state index is 0.0718. The van der Waals surface area contributed by atoms with E-state index in [1.54, 1.807) is 0 Å². The number of carbonyl (C=O) groups excluding carboxylic acids is 1. The zero-order valence-electron chi connectivity index (χ0n) is 12.3. The van der Waals surface area contributed by atoms with Crippen LogP contribution in [0.25, 0.3) is 0 Å². The topological polar surface area (TPSA) is 64.4 Å². The smallest absolute Gasteiger partial charge is 0.225 e. The lowest BCUT2D eigenvalue weighted by Crippen LogP contribution is -2.46. The molecule has 1 saturated carbocycles. The average Bonchev–Trinajstić information content (AvgIpc) is 3.26. The van der Waals surface area contributed by atoms with Gasteiger partial charge in [0.05, 0.1) is 18.1 Å². The summed E-state index contributed by atoms with van der Waals surface area (Å²) in [6.45, 7) is 1.14. The number of carbonyl (C=O) groups is 1. The van der Waals surface area contributed by atoms with Crippen molar-refractivity contribution in [2.45, 2.75) is 37.8 Å². The molecule has 2 fully saturated rings. The first-order chi connectivity index (χ1) is 10.3. The van der Waals surface area contributed by atoms with Crippen LogP contribution < -0.4 is 11.1 Å². The Hall–Kier alpha value is -1.39. The van der Waals surface area contributed by atoms with Gasteiger partial charge in [-0.2, -0.15) is 0 Å². The summed E-state index contributed by atoms with van der Waals surface area (Å²) in [6.07, 6.45) is 4.33. The summed E-state index contributed by atoms with van der Waals surface area (Å²) < 4.78 is 5.78. The molecule has 4 heteroatoms. The van der Waals surface area contributed by atoms with Crippen molar-refractivity contribution in [3.63, 3.8) is 0 Å². The molecule has 0 bridgehead atoms. The molecule has 1 aromatic carbocycles. The maximum Gasteiger partial charge on any atom is 0.225 e. The second-order valence-corrected chi connectivity index (χ2v) is 6.20. The van der Waals surface area contributed by atoms with Gasteiger partial charge in [-0.15, -0.1) is 0 Å². The minimum Gasteiger partial charge on any atom is -0.376 e. The summed E-state index contributed by atoms with van der Waals surface area (Å²) in [6, 6.07) is 10.2. The first kappa shape index (κ1) is 14.5. The Kier molecular flexibility index (Phi) is 4.56. The van der Waals surface area contributed by atoms with Crippen LogP contribution in [-0.2, 0) is 16.0 Å². The molecule has 114 valence electrons. The molecule has 1 aliphatic heterocycles. The van der Waals surface area contributed by atoms with Gasteiger partial charge in [0.1, 0.15) is 0 Å². The maximum atomic E-state index is 12.5. The lowest BCUT2D eigenvalue weighted by molar-refractivity contribution is -0.125. The van der Waals surface area contributed by atoms with Crippen LogP contribution in [0, 0.1) is 11.8 Å². The van der Waals surface area contributed by atoms with Crippen LogP contribution in [0.2, 0.25) is 0 Å². The molecule has 3 N–H and O–H groups in total. The van der Waals surface area contributed by atoms with Crippen molar-refractivity contribution in [2.75, 3.05) is 13.2 Å². The van der Waals surface area contributed by atoms with Gasteiger partial charge in [-0.3, -0.25) is 4.79 Å². The zero-order chi connectivity index (χ0) is 14.7. The third-order valence-corrected chi connectivity index (χ3v) is 4.53. The summed E-state index contributed by atoms with van der Waals surface area (Å²) in [4.78, 5) is 12.5. The Morgan fingerprint density at radius 3 is 2.71 bits per heavy atom. The van der Waals surface area contributed by atoms with E-state index in [-0.39, 0.29) is 24.0 Å². The largest absolute Gasteiger partial charge is 0.376 e. The van der Waals surface area contributed by atoms with E-state index in [1.807, 2.05) is 30.3 Å². The second kappa shape index (κ2) is 6.58. The number of rotatable bonds is 6. The van der Waals surface area contributed by atoms with Crippen LogP contribution in [0.15, 0.2) is 30.3 Å². The summed E-state index contributed by atoms with van der Waals surface area (Å²) in [7, 11) is 0. The number of nitrogens with two attached hydrogens (primary N) is 1. The van der Waals surface area contributed by atoms with Gasteiger partial charge < -0.3 is 15.8 Å². The molecule has 2 aliphatic rings. The molecule has 1 amide bonds. The van der Waals surface area contributed by atoms with Gasteiger partial charge in [0.2, 0.25) is 5.91 Å². The van der Waals surface area contributed by atoms with E-state index >= 15 is 0 Å². The van der Waals surface area contributed by atoms with Crippen molar-refractivity contribution >= 4 is 5.91 Å². The first-order valence-electron chi connectivity index (χ1n) is 7.94. The summed E-state index contributed by atoms with van der Waals surface area (Å²) in [5.74, 6) is 0.568. The molecule has 3 atom stereocenters. The SMILES string of the molecule is NCC(Cc1ccccc1)C(=O)NC1CCOC1C1CC1. The van der Waals surface area contributed by atoms with Crippen LogP contribution >= 0.6 is 0 Å². The molecule has 1 aliphatic carbocycles. The van der Waals surface area contributed by atoms with Crippen LogP contribution in [0.5, 0.6) is 0 Å². The predicted octanol–water partition coefficient (Wildman–Crippen LogP) is 1.49. The molecular weight excluding hydrogens is 264 g/mol. The van der Waals surface area contributed by atoms with Crippen molar-refractivity contribution in [3.05, 3.63) is 35.9 Å². The molecular formula is C17H24N2O2. The van der Waals surface area contributed by atoms with Crippen molar-refractivity contribution in [1.29, 1.82) is 0 Å². The highest BCUT2D eigenvalue weighted by atomic mass is 16.5. The van der Waals surface area contributed by atoms with Gasteiger partial charge in [0, 0.05) is 13.2 Å². The number of benzene rings is 1. The Morgan fingerprint density at radius 2 is 2.05 bits per heavy atom. The van der Waals surface area contributed by atoms with Gasteiger partial charge in [0.15, 0.2) is 0 Å². The molecule has 1 aromatic rings. The van der Waals surface area contributed by atoms with Crippen LogP contribution in [-0.4, -0.2) is 31.2 Å². The van der Waals surface area contributed by atoms with E-state index in [2.05, 4.69) is 5.32 Å². The van der Waals surface area contributed by atoms with Gasteiger partial charge in [-0.05, 0) is 37.2 Å². The monoisotopic (exact) mass is 288 g/mol. The third-order valence-electron chi connectivity index (χ3n) is 4.53. The fourth-order valence-corrected chi connectivity index (χ4v) is 3.14. The van der Waals surface area contributed by atoms with E-state index < -0.39 is 0 Å². The molecule has 3 rings (SSSR count). The average molecular weight is 288 g/mol. The number of hydrogen-bond acceptors (Lipinski definition) is 3. The van der Waals surface area contributed by atoms with E-state index in [9.17, 15) is 4.79 Å². The predicted molar refractivity (Wildman–Crippen MR) is 81.7 cm³/mol. The molecule has 3 unspecified atom stereocenters. The summed E-state index contributed by atoms with van der Waals surface area (Å²) in [5, 5.41) is 3.18. The lowest BCUT2D eigenvalue weighted by Gasteiger charge is -2.22. The number of amides is 1. The highest BCUT2D eigenvalue weighted by Gasteiger charge is 2.41. The molecule has 0 radical (unpaired) electrons. The number of hydrogen-bond donors (Lipinski definition) is 2. The molecule has 4 nitrogen and oxygen atoms in total. The van der Waals surface area contributed by atoms with Gasteiger partial charge in [0.25, 0.3) is 0 Å². The quantitative estimate of drug-likeness (QED) is 0.833. The highest BCUT2D eigenvalue weighted by molar-refractivity contribution is 5.79. The normalized spacial score (nSPS) is 26.5. The maximum absolute atomic E-state index is 12.5.